The van der Waals surface area contributed by atoms with E-state index in [0.29, 0.717) is 18.2 Å². The van der Waals surface area contributed by atoms with Crippen LogP contribution in [0.3, 0.4) is 0 Å². The van der Waals surface area contributed by atoms with Crippen molar-refractivity contribution in [2.24, 2.45) is 0 Å². The van der Waals surface area contributed by atoms with Crippen LogP contribution in [0.4, 0.5) is 30.7 Å². The maximum absolute atomic E-state index is 12.6. The topological polar surface area (TPSA) is 33.0 Å². The summed E-state index contributed by atoms with van der Waals surface area (Å²) in [7, 11) is 0. The molecule has 0 saturated carbocycles. The van der Waals surface area contributed by atoms with E-state index in [1.807, 2.05) is 0 Å². The highest BCUT2D eigenvalue weighted by Gasteiger charge is 2.42. The summed E-state index contributed by atoms with van der Waals surface area (Å²) in [4.78, 5) is 0. The van der Waals surface area contributed by atoms with Crippen molar-refractivity contribution in [3.8, 4) is 11.8 Å². The van der Waals surface area contributed by atoms with Gasteiger partial charge >= 0.3 is 18.5 Å². The molecule has 0 amide bonds. The van der Waals surface area contributed by atoms with Gasteiger partial charge in [0.1, 0.15) is 11.8 Å². The van der Waals surface area contributed by atoms with Gasteiger partial charge < -0.3 is 4.74 Å². The zero-order valence-electron chi connectivity index (χ0n) is 9.52. The van der Waals surface area contributed by atoms with Gasteiger partial charge in [-0.2, -0.15) is 27.2 Å². The lowest BCUT2D eigenvalue weighted by atomic mass is 10.1. The van der Waals surface area contributed by atoms with Crippen molar-refractivity contribution in [3.63, 3.8) is 0 Å². The average Bonchev–Trinajstić information content (AvgIpc) is 2.34. The molecule has 0 aliphatic heterocycles. The molecule has 2 nitrogen and oxygen atoms in total. The maximum Gasteiger partial charge on any atom is 0.416 e. The van der Waals surface area contributed by atoms with E-state index in [2.05, 4.69) is 4.74 Å². The smallest absolute Gasteiger partial charge is 0.416 e. The third kappa shape index (κ3) is 3.76. The molecule has 0 saturated heterocycles. The van der Waals surface area contributed by atoms with Crippen LogP contribution in [0.2, 0.25) is 0 Å². The molecule has 0 aliphatic rings. The molecule has 9 heteroatoms. The molecule has 110 valence electrons. The van der Waals surface area contributed by atoms with Gasteiger partial charge in [0.05, 0.1) is 11.1 Å². The monoisotopic (exact) mass is 301 g/mol. The summed E-state index contributed by atoms with van der Waals surface area (Å²) < 4.78 is 90.3. The van der Waals surface area contributed by atoms with Crippen molar-refractivity contribution >= 4 is 0 Å². The zero-order valence-corrected chi connectivity index (χ0v) is 9.52. The minimum absolute atomic E-state index is 0.385. The number of nitriles is 1. The molecule has 0 bridgehead atoms. The van der Waals surface area contributed by atoms with Crippen LogP contribution in [0, 0.1) is 11.3 Å². The molecule has 0 spiro atoms. The highest BCUT2D eigenvalue weighted by Crippen LogP contribution is 2.33. The summed E-state index contributed by atoms with van der Waals surface area (Å²) in [6.45, 7) is -1.75. The molecule has 20 heavy (non-hydrogen) atoms. The maximum atomic E-state index is 12.6. The Kier molecular flexibility index (Phi) is 4.47. The Labute approximate surface area is 108 Å². The first kappa shape index (κ1) is 16.1. The first-order valence-corrected chi connectivity index (χ1v) is 4.98. The Balaban J connectivity index is 2.96. The molecule has 0 fully saturated rings. The molecule has 1 aromatic rings. The van der Waals surface area contributed by atoms with Gasteiger partial charge in [0.15, 0.2) is 6.61 Å². The van der Waals surface area contributed by atoms with Crippen LogP contribution < -0.4 is 4.74 Å². The number of benzene rings is 1. The Morgan fingerprint density at radius 2 is 1.75 bits per heavy atom. The Hall–Kier alpha value is -1.98. The van der Waals surface area contributed by atoms with Crippen molar-refractivity contribution in [1.29, 1.82) is 5.26 Å². The summed E-state index contributed by atoms with van der Waals surface area (Å²) in [6, 6.07) is 2.83. The lowest BCUT2D eigenvalue weighted by Crippen LogP contribution is -2.33. The van der Waals surface area contributed by atoms with Crippen molar-refractivity contribution in [2.45, 2.75) is 18.5 Å². The number of hydrogen-bond donors (Lipinski definition) is 0. The first-order valence-electron chi connectivity index (χ1n) is 4.98. The average molecular weight is 301 g/mol. The van der Waals surface area contributed by atoms with Crippen LogP contribution in [0.25, 0.3) is 0 Å². The van der Waals surface area contributed by atoms with Gasteiger partial charge in [-0.05, 0) is 18.2 Å². The molecule has 0 heterocycles. The van der Waals surface area contributed by atoms with E-state index in [-0.39, 0.29) is 0 Å². The normalized spacial score (nSPS) is 12.3. The largest absolute Gasteiger partial charge is 0.486 e. The molecule has 0 aliphatic carbocycles. The van der Waals surface area contributed by atoms with E-state index in [9.17, 15) is 30.7 Å². The number of nitrogens with zero attached hydrogens (tertiary/aromatic N) is 1. The second-order valence-electron chi connectivity index (χ2n) is 3.67. The van der Waals surface area contributed by atoms with Gasteiger partial charge in [-0.1, -0.05) is 0 Å². The molecule has 0 unspecified atom stereocenters. The summed E-state index contributed by atoms with van der Waals surface area (Å²) in [5.74, 6) is -5.09. The van der Waals surface area contributed by atoms with Crippen LogP contribution in [0.15, 0.2) is 18.2 Å². The lowest BCUT2D eigenvalue weighted by molar-refractivity contribution is -0.148. The molecule has 0 radical (unpaired) electrons. The third-order valence-electron chi connectivity index (χ3n) is 2.17. The number of alkyl halides is 7. The van der Waals surface area contributed by atoms with Crippen LogP contribution in [-0.4, -0.2) is 19.0 Å². The summed E-state index contributed by atoms with van der Waals surface area (Å²) in [6.07, 6.45) is -8.71. The fraction of sp³-hybridized carbons (Fsp3) is 0.364. The SMILES string of the molecule is N#Cc1cc(C(F)(F)F)ccc1OCC(F)(F)C(F)F. The van der Waals surface area contributed by atoms with Crippen LogP contribution in [0.1, 0.15) is 11.1 Å². The molecule has 0 aromatic heterocycles. The van der Waals surface area contributed by atoms with E-state index >= 15 is 0 Å². The van der Waals surface area contributed by atoms with Gasteiger partial charge in [0.2, 0.25) is 0 Å². The summed E-state index contributed by atoms with van der Waals surface area (Å²) in [5.41, 5.74) is -1.85. The number of hydrogen-bond acceptors (Lipinski definition) is 2. The Morgan fingerprint density at radius 1 is 1.15 bits per heavy atom. The van der Waals surface area contributed by atoms with E-state index in [1.54, 1.807) is 0 Å². The van der Waals surface area contributed by atoms with Gasteiger partial charge in [-0.15, -0.1) is 0 Å². The summed E-state index contributed by atoms with van der Waals surface area (Å²) >= 11 is 0. The highest BCUT2D eigenvalue weighted by molar-refractivity contribution is 5.46. The van der Waals surface area contributed by atoms with E-state index in [0.717, 1.165) is 0 Å². The first-order chi connectivity index (χ1) is 9.08. The molecule has 0 N–H and O–H groups in total. The molecule has 1 rings (SSSR count). The molecule has 0 atom stereocenters. The Bertz CT molecular complexity index is 518. The quantitative estimate of drug-likeness (QED) is 0.791. The zero-order chi connectivity index (χ0) is 15.6. The van der Waals surface area contributed by atoms with E-state index in [4.69, 9.17) is 5.26 Å². The molecular formula is C11H6F7NO. The van der Waals surface area contributed by atoms with Gasteiger partial charge in [0.25, 0.3) is 0 Å². The summed E-state index contributed by atoms with van der Waals surface area (Å²) in [5, 5.41) is 8.61. The number of ether oxygens (including phenoxy) is 1. The number of rotatable bonds is 4. The van der Waals surface area contributed by atoms with E-state index < -0.39 is 42.0 Å². The fourth-order valence-electron chi connectivity index (χ4n) is 1.16. The van der Waals surface area contributed by atoms with Crippen molar-refractivity contribution in [2.75, 3.05) is 6.61 Å². The standard InChI is InChI=1S/C11H6F7NO/c12-9(13)10(14,15)5-20-8-2-1-7(11(16,17)18)3-6(8)4-19/h1-3,9H,5H2. The Morgan fingerprint density at radius 3 is 2.20 bits per heavy atom. The van der Waals surface area contributed by atoms with Crippen molar-refractivity contribution in [1.82, 2.24) is 0 Å². The van der Waals surface area contributed by atoms with E-state index in [1.165, 1.54) is 6.07 Å². The minimum atomic E-state index is -4.73. The minimum Gasteiger partial charge on any atom is -0.486 e. The van der Waals surface area contributed by atoms with Crippen LogP contribution in [-0.2, 0) is 6.18 Å². The third-order valence-corrected chi connectivity index (χ3v) is 2.17. The number of halogens is 7. The van der Waals surface area contributed by atoms with Gasteiger partial charge in [-0.3, -0.25) is 0 Å². The van der Waals surface area contributed by atoms with Crippen molar-refractivity contribution < 1.29 is 35.5 Å². The molecule has 1 aromatic carbocycles. The second-order valence-corrected chi connectivity index (χ2v) is 3.67. The lowest BCUT2D eigenvalue weighted by Gasteiger charge is -2.17. The fourth-order valence-corrected chi connectivity index (χ4v) is 1.16. The predicted molar refractivity (Wildman–Crippen MR) is 52.6 cm³/mol. The van der Waals surface area contributed by atoms with Crippen LogP contribution >= 0.6 is 0 Å². The molecular weight excluding hydrogens is 295 g/mol. The van der Waals surface area contributed by atoms with Crippen LogP contribution in [0.5, 0.6) is 5.75 Å². The highest BCUT2D eigenvalue weighted by atomic mass is 19.4. The second kappa shape index (κ2) is 5.56. The predicted octanol–water partition coefficient (Wildman–Crippen LogP) is 3.86. The van der Waals surface area contributed by atoms with Gasteiger partial charge in [0, 0.05) is 0 Å². The van der Waals surface area contributed by atoms with Gasteiger partial charge in [-0.25, -0.2) is 8.78 Å². The van der Waals surface area contributed by atoms with Crippen molar-refractivity contribution in [3.05, 3.63) is 29.3 Å².